The van der Waals surface area contributed by atoms with Crippen molar-refractivity contribution in [2.24, 2.45) is 5.92 Å². The molecule has 8 nitrogen and oxygen atoms in total. The fourth-order valence-electron chi connectivity index (χ4n) is 3.38. The van der Waals surface area contributed by atoms with E-state index in [0.29, 0.717) is 38.9 Å². The Morgan fingerprint density at radius 3 is 2.07 bits per heavy atom. The van der Waals surface area contributed by atoms with E-state index in [0.717, 1.165) is 6.42 Å². The number of Topliss-reactive ketones (excluding diaryl/α,β-unsaturated/α-hetero) is 1. The third-order valence-electron chi connectivity index (χ3n) is 5.14. The highest BCUT2D eigenvalue weighted by Crippen LogP contribution is 2.21. The Bertz CT molecular complexity index is 532. The zero-order valence-electron chi connectivity index (χ0n) is 17.3. The maximum Gasteiger partial charge on any atom is 0.223 e. The molecule has 3 N–H and O–H groups in total. The molecule has 3 amide bonds. The number of hydrogen-bond acceptors (Lipinski definition) is 5. The molecule has 1 heterocycles. The molecule has 1 rings (SSSR count). The number of ketones is 1. The van der Waals surface area contributed by atoms with Crippen LogP contribution in [0.2, 0.25) is 0 Å². The summed E-state index contributed by atoms with van der Waals surface area (Å²) in [7, 11) is 0. The van der Waals surface area contributed by atoms with Gasteiger partial charge in [-0.25, -0.2) is 0 Å². The molecule has 160 valence electrons. The van der Waals surface area contributed by atoms with E-state index in [1.807, 2.05) is 6.92 Å². The van der Waals surface area contributed by atoms with Crippen molar-refractivity contribution in [1.82, 2.24) is 15.5 Å². The number of aliphatic hydroxyl groups excluding tert-OH is 1. The summed E-state index contributed by atoms with van der Waals surface area (Å²) in [5.41, 5.74) is 0. The maximum atomic E-state index is 12.4. The third-order valence-corrected chi connectivity index (χ3v) is 5.14. The summed E-state index contributed by atoms with van der Waals surface area (Å²) in [5, 5.41) is 15.3. The molecule has 1 aliphatic heterocycles. The molecule has 0 aliphatic carbocycles. The molecular formula is C20H35N3O5. The van der Waals surface area contributed by atoms with Gasteiger partial charge in [0, 0.05) is 63.7 Å². The summed E-state index contributed by atoms with van der Waals surface area (Å²) in [5.74, 6) is -0.583. The van der Waals surface area contributed by atoms with Gasteiger partial charge >= 0.3 is 0 Å². The number of aliphatic hydroxyl groups is 1. The lowest BCUT2D eigenvalue weighted by molar-refractivity contribution is -0.134. The van der Waals surface area contributed by atoms with E-state index < -0.39 is 6.10 Å². The van der Waals surface area contributed by atoms with Crippen molar-refractivity contribution >= 4 is 23.5 Å². The fraction of sp³-hybridized carbons (Fsp3) is 0.800. The Morgan fingerprint density at radius 1 is 1.00 bits per heavy atom. The van der Waals surface area contributed by atoms with E-state index in [1.54, 1.807) is 18.7 Å². The summed E-state index contributed by atoms with van der Waals surface area (Å²) < 4.78 is 0. The fourth-order valence-corrected chi connectivity index (χ4v) is 3.38. The van der Waals surface area contributed by atoms with Crippen LogP contribution in [0, 0.1) is 5.92 Å². The smallest absolute Gasteiger partial charge is 0.223 e. The molecule has 1 fully saturated rings. The summed E-state index contributed by atoms with van der Waals surface area (Å²) >= 11 is 0. The molecule has 0 unspecified atom stereocenters. The molecule has 8 heteroatoms. The second kappa shape index (κ2) is 12.5. The highest BCUT2D eigenvalue weighted by molar-refractivity contribution is 5.85. The van der Waals surface area contributed by atoms with Crippen LogP contribution in [-0.2, 0) is 19.2 Å². The Morgan fingerprint density at radius 2 is 1.57 bits per heavy atom. The van der Waals surface area contributed by atoms with E-state index in [9.17, 15) is 24.3 Å². The highest BCUT2D eigenvalue weighted by Gasteiger charge is 2.32. The predicted molar refractivity (Wildman–Crippen MR) is 105 cm³/mol. The predicted octanol–water partition coefficient (Wildman–Crippen LogP) is 0.766. The number of nitrogens with one attached hydrogen (secondary N) is 2. The third kappa shape index (κ3) is 8.37. The van der Waals surface area contributed by atoms with Gasteiger partial charge in [0.1, 0.15) is 5.78 Å². The van der Waals surface area contributed by atoms with Crippen molar-refractivity contribution in [3.63, 3.8) is 0 Å². The Balaban J connectivity index is 2.50. The first kappa shape index (κ1) is 24.1. The van der Waals surface area contributed by atoms with Crippen LogP contribution < -0.4 is 10.6 Å². The van der Waals surface area contributed by atoms with Crippen LogP contribution in [0.25, 0.3) is 0 Å². The standard InChI is InChI=1S/C20H35N3O5/c1-4-15-10-17(25)13-23(15)20(28)8-7-16(24)9-14(11-21-18(26)5-2)12-22-19(27)6-3/h14-15,17,25H,4-13H2,1-3H3,(H,21,26)(H,22,27)/t15-,17-/m1/s1. The number of β-amino-alcohol motifs (C(OH)–C–C–N with tert-alkyl or cyclic N) is 1. The monoisotopic (exact) mass is 397 g/mol. The van der Waals surface area contributed by atoms with Crippen molar-refractivity contribution in [3.8, 4) is 0 Å². The second-order valence-corrected chi connectivity index (χ2v) is 7.42. The molecule has 0 aromatic heterocycles. The van der Waals surface area contributed by atoms with Gasteiger partial charge in [-0.1, -0.05) is 20.8 Å². The van der Waals surface area contributed by atoms with Crippen LogP contribution in [0.5, 0.6) is 0 Å². The average Bonchev–Trinajstić information content (AvgIpc) is 3.08. The van der Waals surface area contributed by atoms with Gasteiger partial charge in [-0.05, 0) is 12.8 Å². The summed E-state index contributed by atoms with van der Waals surface area (Å²) in [6.07, 6.45) is 2.05. The van der Waals surface area contributed by atoms with Crippen molar-refractivity contribution in [3.05, 3.63) is 0 Å². The van der Waals surface area contributed by atoms with Gasteiger partial charge in [-0.3, -0.25) is 19.2 Å². The molecule has 0 bridgehead atoms. The molecular weight excluding hydrogens is 362 g/mol. The average molecular weight is 398 g/mol. The molecule has 0 aromatic carbocycles. The Kier molecular flexibility index (Phi) is 10.7. The van der Waals surface area contributed by atoms with Gasteiger partial charge in [0.25, 0.3) is 0 Å². The summed E-state index contributed by atoms with van der Waals surface area (Å²) in [4.78, 5) is 49.4. The van der Waals surface area contributed by atoms with E-state index in [-0.39, 0.29) is 54.7 Å². The van der Waals surface area contributed by atoms with Crippen molar-refractivity contribution in [1.29, 1.82) is 0 Å². The number of rotatable bonds is 12. The lowest BCUT2D eigenvalue weighted by Gasteiger charge is -2.23. The Hall–Kier alpha value is -1.96. The quantitative estimate of drug-likeness (QED) is 0.450. The van der Waals surface area contributed by atoms with Crippen LogP contribution in [0.1, 0.15) is 65.7 Å². The van der Waals surface area contributed by atoms with Gasteiger partial charge in [0.05, 0.1) is 6.10 Å². The van der Waals surface area contributed by atoms with Gasteiger partial charge in [0.15, 0.2) is 0 Å². The zero-order chi connectivity index (χ0) is 21.1. The van der Waals surface area contributed by atoms with Crippen molar-refractivity contribution in [2.45, 2.75) is 77.9 Å². The van der Waals surface area contributed by atoms with Gasteiger partial charge in [-0.15, -0.1) is 0 Å². The van der Waals surface area contributed by atoms with Gasteiger partial charge in [-0.2, -0.15) is 0 Å². The molecule has 0 radical (unpaired) electrons. The lowest BCUT2D eigenvalue weighted by atomic mass is 9.99. The minimum absolute atomic E-state index is 0.0406. The first-order chi connectivity index (χ1) is 13.3. The molecule has 0 aromatic rings. The van der Waals surface area contributed by atoms with Crippen LogP contribution >= 0.6 is 0 Å². The molecule has 0 spiro atoms. The molecule has 1 saturated heterocycles. The minimum Gasteiger partial charge on any atom is -0.391 e. The van der Waals surface area contributed by atoms with E-state index in [4.69, 9.17) is 0 Å². The van der Waals surface area contributed by atoms with Crippen LogP contribution in [0.15, 0.2) is 0 Å². The number of nitrogens with zero attached hydrogens (tertiary/aromatic N) is 1. The summed E-state index contributed by atoms with van der Waals surface area (Å²) in [6, 6.07) is 0.0406. The first-order valence-corrected chi connectivity index (χ1v) is 10.3. The highest BCUT2D eigenvalue weighted by atomic mass is 16.3. The number of amides is 3. The van der Waals surface area contributed by atoms with Crippen molar-refractivity contribution < 1.29 is 24.3 Å². The van der Waals surface area contributed by atoms with Crippen LogP contribution in [0.3, 0.4) is 0 Å². The van der Waals surface area contributed by atoms with E-state index >= 15 is 0 Å². The minimum atomic E-state index is -0.488. The summed E-state index contributed by atoms with van der Waals surface area (Å²) in [6.45, 7) is 6.44. The number of carbonyl (C=O) groups excluding carboxylic acids is 4. The number of likely N-dealkylation sites (tertiary alicyclic amines) is 1. The van der Waals surface area contributed by atoms with E-state index in [2.05, 4.69) is 10.6 Å². The second-order valence-electron chi connectivity index (χ2n) is 7.42. The van der Waals surface area contributed by atoms with Crippen molar-refractivity contribution in [2.75, 3.05) is 19.6 Å². The van der Waals surface area contributed by atoms with Gasteiger partial charge in [0.2, 0.25) is 17.7 Å². The van der Waals surface area contributed by atoms with Crippen LogP contribution in [-0.4, -0.2) is 65.3 Å². The maximum absolute atomic E-state index is 12.4. The normalized spacial score (nSPS) is 19.0. The zero-order valence-corrected chi connectivity index (χ0v) is 17.3. The van der Waals surface area contributed by atoms with Gasteiger partial charge < -0.3 is 20.6 Å². The largest absolute Gasteiger partial charge is 0.391 e. The molecule has 2 atom stereocenters. The van der Waals surface area contributed by atoms with Crippen LogP contribution in [0.4, 0.5) is 0 Å². The first-order valence-electron chi connectivity index (χ1n) is 10.3. The molecule has 28 heavy (non-hydrogen) atoms. The lowest BCUT2D eigenvalue weighted by Crippen LogP contribution is -2.38. The number of carbonyl (C=O) groups is 4. The Labute approximate surface area is 167 Å². The molecule has 0 saturated carbocycles. The number of hydrogen-bond donors (Lipinski definition) is 3. The SMILES string of the molecule is CCC(=O)NCC(CNC(=O)CC)CC(=O)CCC(=O)N1C[C@H](O)C[C@H]1CC. The topological polar surface area (TPSA) is 116 Å². The molecule has 1 aliphatic rings. The van der Waals surface area contributed by atoms with E-state index in [1.165, 1.54) is 0 Å².